The maximum absolute atomic E-state index is 13.3. The second-order valence-electron chi connectivity index (χ2n) is 9.31. The van der Waals surface area contributed by atoms with Crippen LogP contribution in [0.5, 0.6) is 11.5 Å². The summed E-state index contributed by atoms with van der Waals surface area (Å²) in [5.74, 6) is 7.91. The highest BCUT2D eigenvalue weighted by molar-refractivity contribution is 5.81. The van der Waals surface area contributed by atoms with Crippen LogP contribution in [0.3, 0.4) is 0 Å². The van der Waals surface area contributed by atoms with Gasteiger partial charge in [0.05, 0.1) is 26.9 Å². The van der Waals surface area contributed by atoms with E-state index < -0.39 is 0 Å². The maximum Gasteiger partial charge on any atom is 0.267 e. The number of hydrogen-bond acceptors (Lipinski definition) is 8. The predicted octanol–water partition coefficient (Wildman–Crippen LogP) is 1.41. The van der Waals surface area contributed by atoms with Gasteiger partial charge in [-0.05, 0) is 37.8 Å². The normalized spacial score (nSPS) is 21.2. The molecule has 2 aliphatic heterocycles. The summed E-state index contributed by atoms with van der Waals surface area (Å²) in [4.78, 5) is 20.2. The van der Waals surface area contributed by atoms with Crippen LogP contribution in [0.4, 0.5) is 5.95 Å². The average Bonchev–Trinajstić information content (AvgIpc) is 3.41. The zero-order valence-electron chi connectivity index (χ0n) is 20.4. The number of methoxy groups -OCH3 is 2. The van der Waals surface area contributed by atoms with Gasteiger partial charge in [-0.3, -0.25) is 14.5 Å². The molecule has 2 saturated heterocycles. The number of H-pyrrole nitrogens is 1. The third-order valence-electron chi connectivity index (χ3n) is 7.34. The van der Waals surface area contributed by atoms with Crippen molar-refractivity contribution in [2.45, 2.75) is 31.9 Å². The molecule has 0 unspecified atom stereocenters. The quantitative estimate of drug-likeness (QED) is 0.542. The Morgan fingerprint density at radius 1 is 1.17 bits per heavy atom. The van der Waals surface area contributed by atoms with Crippen molar-refractivity contribution in [3.8, 4) is 23.3 Å². The summed E-state index contributed by atoms with van der Waals surface area (Å²) >= 11 is 0. The van der Waals surface area contributed by atoms with Crippen molar-refractivity contribution in [2.24, 2.45) is 18.2 Å². The van der Waals surface area contributed by atoms with E-state index in [9.17, 15) is 4.79 Å². The van der Waals surface area contributed by atoms with Crippen LogP contribution in [-0.4, -0.2) is 65.8 Å². The Morgan fingerprint density at radius 3 is 2.46 bits per heavy atom. The lowest BCUT2D eigenvalue weighted by Gasteiger charge is -2.41. The largest absolute Gasteiger partial charge is 0.497 e. The fourth-order valence-electron chi connectivity index (χ4n) is 5.06. The van der Waals surface area contributed by atoms with Gasteiger partial charge in [-0.1, -0.05) is 5.92 Å². The molecule has 184 valence electrons. The van der Waals surface area contributed by atoms with Crippen LogP contribution in [0.15, 0.2) is 23.0 Å². The zero-order chi connectivity index (χ0) is 24.7. The topological polar surface area (TPSA) is 121 Å². The summed E-state index contributed by atoms with van der Waals surface area (Å²) in [7, 11) is 4.90. The van der Waals surface area contributed by atoms with E-state index in [2.05, 4.69) is 26.9 Å². The van der Waals surface area contributed by atoms with Gasteiger partial charge in [-0.25, -0.2) is 0 Å². The molecule has 0 bridgehead atoms. The predicted molar refractivity (Wildman–Crippen MR) is 132 cm³/mol. The summed E-state index contributed by atoms with van der Waals surface area (Å²) < 4.78 is 18.0. The number of anilines is 1. The van der Waals surface area contributed by atoms with Gasteiger partial charge in [0.15, 0.2) is 11.3 Å². The first-order chi connectivity index (χ1) is 16.8. The minimum absolute atomic E-state index is 0.00156. The highest BCUT2D eigenvalue weighted by Crippen LogP contribution is 2.41. The van der Waals surface area contributed by atoms with E-state index in [1.807, 2.05) is 6.92 Å². The van der Waals surface area contributed by atoms with Crippen molar-refractivity contribution in [2.75, 3.05) is 38.8 Å². The van der Waals surface area contributed by atoms with Crippen molar-refractivity contribution < 1.29 is 14.2 Å². The molecule has 0 radical (unpaired) electrons. The molecule has 1 aromatic carbocycles. The van der Waals surface area contributed by atoms with Gasteiger partial charge < -0.3 is 24.8 Å². The number of ether oxygens (including phenoxy) is 3. The molecule has 0 aliphatic carbocycles. The molecule has 2 aromatic heterocycles. The Bertz CT molecular complexity index is 1350. The first-order valence-corrected chi connectivity index (χ1v) is 11.7. The summed E-state index contributed by atoms with van der Waals surface area (Å²) in [5.41, 5.74) is 7.71. The van der Waals surface area contributed by atoms with Gasteiger partial charge in [0.2, 0.25) is 5.95 Å². The Kier molecular flexibility index (Phi) is 5.91. The molecule has 2 atom stereocenters. The molecule has 2 fully saturated rings. The smallest absolute Gasteiger partial charge is 0.267 e. The van der Waals surface area contributed by atoms with Gasteiger partial charge in [0.1, 0.15) is 16.9 Å². The number of aromatic nitrogens is 4. The Balaban J connectivity index is 1.43. The molecule has 5 rings (SSSR count). The van der Waals surface area contributed by atoms with E-state index in [0.717, 1.165) is 25.9 Å². The lowest BCUT2D eigenvalue weighted by molar-refractivity contribution is 0.0973. The molecule has 10 heteroatoms. The van der Waals surface area contributed by atoms with Gasteiger partial charge >= 0.3 is 0 Å². The van der Waals surface area contributed by atoms with Gasteiger partial charge in [-0.15, -0.1) is 0 Å². The van der Waals surface area contributed by atoms with E-state index in [1.54, 1.807) is 44.0 Å². The van der Waals surface area contributed by atoms with E-state index in [4.69, 9.17) is 24.9 Å². The van der Waals surface area contributed by atoms with Crippen molar-refractivity contribution in [3.63, 3.8) is 0 Å². The van der Waals surface area contributed by atoms with Crippen molar-refractivity contribution in [1.29, 1.82) is 0 Å². The molecule has 0 amide bonds. The summed E-state index contributed by atoms with van der Waals surface area (Å²) in [5, 5.41) is 7.52. The maximum atomic E-state index is 13.3. The van der Waals surface area contributed by atoms with Crippen LogP contribution >= 0.6 is 0 Å². The highest BCUT2D eigenvalue weighted by Gasteiger charge is 2.47. The Labute approximate surface area is 203 Å². The number of fused-ring (bicyclic) bond motifs is 1. The van der Waals surface area contributed by atoms with Crippen LogP contribution in [0.25, 0.3) is 11.0 Å². The van der Waals surface area contributed by atoms with Gasteiger partial charge in [0.25, 0.3) is 5.56 Å². The van der Waals surface area contributed by atoms with Crippen LogP contribution < -0.4 is 25.7 Å². The molecule has 35 heavy (non-hydrogen) atoms. The summed E-state index contributed by atoms with van der Waals surface area (Å²) in [6, 6.07) is 5.39. The van der Waals surface area contributed by atoms with Crippen molar-refractivity contribution >= 4 is 17.0 Å². The monoisotopic (exact) mass is 478 g/mol. The second kappa shape index (κ2) is 8.91. The SMILES string of the molecule is COc1cc(C#Cc2n[nH]c3nc(N4CCC5(CC4)CO[C@@H](C)[C@H]5N)n(C)c(=O)c23)cc(OC)c1. The van der Waals surface area contributed by atoms with Gasteiger partial charge in [0, 0.05) is 43.2 Å². The summed E-state index contributed by atoms with van der Waals surface area (Å²) in [6.45, 7) is 4.24. The number of hydrogen-bond donors (Lipinski definition) is 2. The molecule has 2 aliphatic rings. The van der Waals surface area contributed by atoms with Crippen molar-refractivity contribution in [3.05, 3.63) is 39.8 Å². The third kappa shape index (κ3) is 4.00. The lowest BCUT2D eigenvalue weighted by Crippen LogP contribution is -2.51. The molecular formula is C25H30N6O4. The molecule has 10 nitrogen and oxygen atoms in total. The zero-order valence-corrected chi connectivity index (χ0v) is 20.4. The number of aromatic amines is 1. The average molecular weight is 479 g/mol. The lowest BCUT2D eigenvalue weighted by atomic mass is 9.73. The molecule has 0 saturated carbocycles. The minimum atomic E-state index is -0.193. The molecule has 1 spiro atoms. The van der Waals surface area contributed by atoms with E-state index in [1.165, 1.54) is 0 Å². The highest BCUT2D eigenvalue weighted by atomic mass is 16.5. The molecule has 4 heterocycles. The van der Waals surface area contributed by atoms with E-state index in [-0.39, 0.29) is 23.1 Å². The number of nitrogens with zero attached hydrogens (tertiary/aromatic N) is 4. The van der Waals surface area contributed by atoms with Crippen LogP contribution in [0, 0.1) is 17.3 Å². The molecular weight excluding hydrogens is 448 g/mol. The van der Waals surface area contributed by atoms with Crippen LogP contribution in [0.1, 0.15) is 31.0 Å². The van der Waals surface area contributed by atoms with E-state index >= 15 is 0 Å². The molecule has 3 aromatic rings. The van der Waals surface area contributed by atoms with E-state index in [0.29, 0.717) is 46.3 Å². The second-order valence-corrected chi connectivity index (χ2v) is 9.31. The number of nitrogens with one attached hydrogen (secondary N) is 1. The minimum Gasteiger partial charge on any atom is -0.497 e. The first-order valence-electron chi connectivity index (χ1n) is 11.7. The number of rotatable bonds is 3. The Morgan fingerprint density at radius 2 is 1.86 bits per heavy atom. The summed E-state index contributed by atoms with van der Waals surface area (Å²) in [6.07, 6.45) is 1.87. The standard InChI is InChI=1S/C25H30N6O4/c1-15-21(26)25(14-35-15)7-9-31(10-8-25)24-27-22-20(23(32)30(24)2)19(28-29-22)6-5-16-11-17(33-3)13-18(12-16)34-4/h11-13,15,21H,7-10,14,26H2,1-4H3,(H,28,29)/t15-,21+/m0/s1. The van der Waals surface area contributed by atoms with Crippen LogP contribution in [0.2, 0.25) is 0 Å². The Hall–Kier alpha value is -3.55. The fraction of sp³-hybridized carbons (Fsp3) is 0.480. The number of nitrogens with two attached hydrogens (primary N) is 1. The number of piperidine rings is 1. The van der Waals surface area contributed by atoms with Crippen LogP contribution in [-0.2, 0) is 11.8 Å². The first kappa shape index (κ1) is 23.2. The third-order valence-corrected chi connectivity index (χ3v) is 7.34. The van der Waals surface area contributed by atoms with Gasteiger partial charge in [-0.2, -0.15) is 10.1 Å². The molecule has 3 N–H and O–H groups in total. The fourth-order valence-corrected chi connectivity index (χ4v) is 5.06. The van der Waals surface area contributed by atoms with Crippen molar-refractivity contribution in [1.82, 2.24) is 19.7 Å². The number of benzene rings is 1.